The molecule has 2 rings (SSSR count). The number of hydrogen-bond acceptors (Lipinski definition) is 4. The second kappa shape index (κ2) is 8.65. The number of nitrogens with one attached hydrogen (secondary N) is 1. The normalized spacial score (nSPS) is 12.2. The highest BCUT2D eigenvalue weighted by Crippen LogP contribution is 2.32. The van der Waals surface area contributed by atoms with Crippen molar-refractivity contribution in [2.45, 2.75) is 32.7 Å². The molecular weight excluding hydrogens is 383 g/mol. The summed E-state index contributed by atoms with van der Waals surface area (Å²) in [6, 6.07) is 4.24. The lowest BCUT2D eigenvalue weighted by molar-refractivity contribution is -0.142. The van der Waals surface area contributed by atoms with E-state index in [1.165, 1.54) is 11.3 Å². The molecule has 0 saturated heterocycles. The Hall–Kier alpha value is -1.63. The van der Waals surface area contributed by atoms with E-state index in [9.17, 15) is 14.7 Å². The number of benzene rings is 1. The van der Waals surface area contributed by atoms with Gasteiger partial charge in [-0.3, -0.25) is 4.79 Å². The van der Waals surface area contributed by atoms with Crippen LogP contribution in [0, 0.1) is 5.92 Å². The lowest BCUT2D eigenvalue weighted by Crippen LogP contribution is -2.42. The maximum absolute atomic E-state index is 12.1. The molecule has 2 N–H and O–H groups in total. The van der Waals surface area contributed by atoms with E-state index >= 15 is 0 Å². The Bertz CT molecular complexity index is 777. The fourth-order valence-corrected chi connectivity index (χ4v) is 3.69. The minimum absolute atomic E-state index is 0.0174. The summed E-state index contributed by atoms with van der Waals surface area (Å²) in [6.45, 7) is 3.81. The van der Waals surface area contributed by atoms with E-state index in [4.69, 9.17) is 23.2 Å². The lowest BCUT2D eigenvalue weighted by Gasteiger charge is -2.16. The first kappa shape index (κ1) is 19.7. The Labute approximate surface area is 160 Å². The highest BCUT2D eigenvalue weighted by atomic mass is 35.5. The molecule has 0 aliphatic carbocycles. The summed E-state index contributed by atoms with van der Waals surface area (Å²) in [4.78, 5) is 27.7. The first-order valence-corrected chi connectivity index (χ1v) is 9.31. The Kier molecular flexibility index (Phi) is 6.81. The maximum atomic E-state index is 12.1. The van der Waals surface area contributed by atoms with Crippen molar-refractivity contribution in [3.63, 3.8) is 0 Å². The predicted molar refractivity (Wildman–Crippen MR) is 100 cm³/mol. The highest BCUT2D eigenvalue weighted by Gasteiger charge is 2.21. The number of carbonyl (C=O) groups excluding carboxylic acids is 1. The molecule has 1 aromatic carbocycles. The van der Waals surface area contributed by atoms with Gasteiger partial charge in [0.1, 0.15) is 11.0 Å². The SMILES string of the molecule is CC(C)C[C@H](NC(=O)Cc1csc(-c2ccc(Cl)cc2Cl)n1)C(=O)O. The summed E-state index contributed by atoms with van der Waals surface area (Å²) in [5, 5.41) is 15.2. The standard InChI is InChI=1S/C17H18Cl2N2O3S/c1-9(2)5-14(17(23)24)21-15(22)7-11-8-25-16(20-11)12-4-3-10(18)6-13(12)19/h3-4,6,8-9,14H,5,7H2,1-2H3,(H,21,22)(H,23,24)/t14-/m0/s1. The molecule has 1 atom stereocenters. The van der Waals surface area contributed by atoms with Gasteiger partial charge in [0.05, 0.1) is 17.1 Å². The lowest BCUT2D eigenvalue weighted by atomic mass is 10.0. The number of aliphatic carboxylic acids is 1. The summed E-state index contributed by atoms with van der Waals surface area (Å²) in [7, 11) is 0. The molecule has 1 amide bonds. The molecule has 5 nitrogen and oxygen atoms in total. The summed E-state index contributed by atoms with van der Waals surface area (Å²) in [5.74, 6) is -1.24. The van der Waals surface area contributed by atoms with Gasteiger partial charge in [-0.05, 0) is 30.5 Å². The quantitative estimate of drug-likeness (QED) is 0.726. The zero-order valence-corrected chi connectivity index (χ0v) is 16.1. The molecule has 0 unspecified atom stereocenters. The van der Waals surface area contributed by atoms with Crippen molar-refractivity contribution in [3.05, 3.63) is 39.3 Å². The van der Waals surface area contributed by atoms with Crippen LogP contribution in [0.15, 0.2) is 23.6 Å². The van der Waals surface area contributed by atoms with Gasteiger partial charge in [-0.25, -0.2) is 9.78 Å². The van der Waals surface area contributed by atoms with E-state index in [2.05, 4.69) is 10.3 Å². The number of halogens is 2. The Morgan fingerprint density at radius 1 is 1.32 bits per heavy atom. The van der Waals surface area contributed by atoms with E-state index in [-0.39, 0.29) is 18.2 Å². The molecule has 25 heavy (non-hydrogen) atoms. The van der Waals surface area contributed by atoms with Gasteiger partial charge < -0.3 is 10.4 Å². The molecule has 0 aliphatic heterocycles. The van der Waals surface area contributed by atoms with Crippen molar-refractivity contribution < 1.29 is 14.7 Å². The van der Waals surface area contributed by atoms with Gasteiger partial charge in [-0.15, -0.1) is 11.3 Å². The Morgan fingerprint density at radius 3 is 2.64 bits per heavy atom. The fourth-order valence-electron chi connectivity index (χ4n) is 2.28. The van der Waals surface area contributed by atoms with Gasteiger partial charge in [0.2, 0.25) is 5.91 Å². The molecular formula is C17H18Cl2N2O3S. The number of aromatic nitrogens is 1. The molecule has 0 aliphatic rings. The molecule has 0 fully saturated rings. The minimum atomic E-state index is -1.03. The second-order valence-corrected chi connectivity index (χ2v) is 7.73. The first-order chi connectivity index (χ1) is 11.8. The Morgan fingerprint density at radius 2 is 2.04 bits per heavy atom. The molecule has 0 radical (unpaired) electrons. The summed E-state index contributed by atoms with van der Waals surface area (Å²) >= 11 is 13.4. The molecule has 0 saturated carbocycles. The number of amides is 1. The molecule has 1 aromatic heterocycles. The minimum Gasteiger partial charge on any atom is -0.480 e. The van der Waals surface area contributed by atoms with E-state index in [1.807, 2.05) is 13.8 Å². The highest BCUT2D eigenvalue weighted by molar-refractivity contribution is 7.13. The van der Waals surface area contributed by atoms with Crippen LogP contribution >= 0.6 is 34.5 Å². The van der Waals surface area contributed by atoms with Crippen LogP contribution in [0.5, 0.6) is 0 Å². The van der Waals surface area contributed by atoms with Crippen LogP contribution in [0.1, 0.15) is 26.0 Å². The van der Waals surface area contributed by atoms with E-state index in [0.29, 0.717) is 27.2 Å². The van der Waals surface area contributed by atoms with Gasteiger partial charge in [0, 0.05) is 16.0 Å². The van der Waals surface area contributed by atoms with E-state index in [1.54, 1.807) is 23.6 Å². The van der Waals surface area contributed by atoms with Gasteiger partial charge in [0.15, 0.2) is 0 Å². The van der Waals surface area contributed by atoms with Gasteiger partial charge in [-0.1, -0.05) is 37.0 Å². The average Bonchev–Trinajstić information content (AvgIpc) is 2.94. The number of carboxylic acid groups (broad SMARTS) is 1. The van der Waals surface area contributed by atoms with Crippen molar-refractivity contribution in [1.29, 1.82) is 0 Å². The van der Waals surface area contributed by atoms with Crippen molar-refractivity contribution in [3.8, 4) is 10.6 Å². The molecule has 134 valence electrons. The van der Waals surface area contributed by atoms with Crippen molar-refractivity contribution in [1.82, 2.24) is 10.3 Å². The van der Waals surface area contributed by atoms with Gasteiger partial charge >= 0.3 is 5.97 Å². The average molecular weight is 401 g/mol. The van der Waals surface area contributed by atoms with Crippen LogP contribution in [0.4, 0.5) is 0 Å². The van der Waals surface area contributed by atoms with Crippen LogP contribution in [0.3, 0.4) is 0 Å². The Balaban J connectivity index is 2.05. The molecule has 0 spiro atoms. The maximum Gasteiger partial charge on any atom is 0.326 e. The van der Waals surface area contributed by atoms with Crippen molar-refractivity contribution in [2.24, 2.45) is 5.92 Å². The summed E-state index contributed by atoms with van der Waals surface area (Å²) in [6.07, 6.45) is 0.396. The zero-order chi connectivity index (χ0) is 18.6. The van der Waals surface area contributed by atoms with Crippen molar-refractivity contribution >= 4 is 46.4 Å². The van der Waals surface area contributed by atoms with Gasteiger partial charge in [-0.2, -0.15) is 0 Å². The summed E-state index contributed by atoms with van der Waals surface area (Å²) in [5.41, 5.74) is 1.31. The van der Waals surface area contributed by atoms with Crippen LogP contribution in [-0.2, 0) is 16.0 Å². The summed E-state index contributed by atoms with van der Waals surface area (Å²) < 4.78 is 0. The third-order valence-corrected chi connectivity index (χ3v) is 4.87. The third kappa shape index (κ3) is 5.70. The zero-order valence-electron chi connectivity index (χ0n) is 13.8. The number of carbonyl (C=O) groups is 2. The molecule has 8 heteroatoms. The fraction of sp³-hybridized carbons (Fsp3) is 0.353. The van der Waals surface area contributed by atoms with E-state index < -0.39 is 12.0 Å². The smallest absolute Gasteiger partial charge is 0.326 e. The molecule has 1 heterocycles. The van der Waals surface area contributed by atoms with Crippen LogP contribution in [0.2, 0.25) is 10.0 Å². The second-order valence-electron chi connectivity index (χ2n) is 6.03. The van der Waals surface area contributed by atoms with Gasteiger partial charge in [0.25, 0.3) is 0 Å². The molecule has 2 aromatic rings. The van der Waals surface area contributed by atoms with Crippen molar-refractivity contribution in [2.75, 3.05) is 0 Å². The topological polar surface area (TPSA) is 79.3 Å². The van der Waals surface area contributed by atoms with Crippen LogP contribution < -0.4 is 5.32 Å². The third-order valence-electron chi connectivity index (χ3n) is 3.40. The largest absolute Gasteiger partial charge is 0.480 e. The molecule has 0 bridgehead atoms. The number of nitrogens with zero attached hydrogens (tertiary/aromatic N) is 1. The van der Waals surface area contributed by atoms with Crippen LogP contribution in [0.25, 0.3) is 10.6 Å². The monoisotopic (exact) mass is 400 g/mol. The van der Waals surface area contributed by atoms with E-state index in [0.717, 1.165) is 5.56 Å². The number of carboxylic acids is 1. The first-order valence-electron chi connectivity index (χ1n) is 7.68. The predicted octanol–water partition coefficient (Wildman–Crippen LogP) is 4.27. The number of rotatable bonds is 7. The number of hydrogen-bond donors (Lipinski definition) is 2. The number of thiazole rings is 1. The van der Waals surface area contributed by atoms with Crippen LogP contribution in [-0.4, -0.2) is 28.0 Å².